The number of carbonyl (C=O) groups is 1. The molecule has 0 bridgehead atoms. The van der Waals surface area contributed by atoms with Crippen LogP contribution >= 0.6 is 11.8 Å². The molecule has 0 radical (unpaired) electrons. The maximum absolute atomic E-state index is 12.5. The molecule has 1 fully saturated rings. The third kappa shape index (κ3) is 5.74. The van der Waals surface area contributed by atoms with E-state index in [4.69, 9.17) is 5.73 Å². The van der Waals surface area contributed by atoms with E-state index in [2.05, 4.69) is 25.0 Å². The molecule has 0 aromatic rings. The van der Waals surface area contributed by atoms with E-state index in [9.17, 15) is 4.79 Å². The topological polar surface area (TPSA) is 46.3 Å². The number of carbonyl (C=O) groups excluding carboxylic acids is 1. The van der Waals surface area contributed by atoms with Crippen molar-refractivity contribution in [2.45, 2.75) is 64.5 Å². The highest BCUT2D eigenvalue weighted by molar-refractivity contribution is 7.98. The SMILES string of the molecule is CSCC[C@H](N)C(=O)N(CCC(C)C)C1CCCC1. The second kappa shape index (κ2) is 8.85. The molecular weight excluding hydrogens is 256 g/mol. The molecule has 0 heterocycles. The zero-order chi connectivity index (χ0) is 14.3. The van der Waals surface area contributed by atoms with Crippen LogP contribution in [0.25, 0.3) is 0 Å². The second-order valence-corrected chi connectivity index (χ2v) is 7.03. The average Bonchev–Trinajstić information content (AvgIpc) is 2.89. The van der Waals surface area contributed by atoms with E-state index in [-0.39, 0.29) is 11.9 Å². The van der Waals surface area contributed by atoms with Gasteiger partial charge in [-0.2, -0.15) is 11.8 Å². The molecule has 1 saturated carbocycles. The first-order chi connectivity index (χ1) is 9.06. The molecule has 3 nitrogen and oxygen atoms in total. The summed E-state index contributed by atoms with van der Waals surface area (Å²) in [6, 6.07) is 0.145. The van der Waals surface area contributed by atoms with Gasteiger partial charge < -0.3 is 10.6 Å². The fourth-order valence-corrected chi connectivity index (χ4v) is 3.16. The number of amides is 1. The van der Waals surface area contributed by atoms with Gasteiger partial charge in [-0.1, -0.05) is 26.7 Å². The Morgan fingerprint density at radius 1 is 1.32 bits per heavy atom. The van der Waals surface area contributed by atoms with Crippen molar-refractivity contribution in [3.8, 4) is 0 Å². The van der Waals surface area contributed by atoms with Gasteiger partial charge in [-0.05, 0) is 43.6 Å². The van der Waals surface area contributed by atoms with Crippen LogP contribution in [0, 0.1) is 5.92 Å². The summed E-state index contributed by atoms with van der Waals surface area (Å²) in [6.07, 6.45) is 8.79. The molecule has 1 aliphatic carbocycles. The van der Waals surface area contributed by atoms with Gasteiger partial charge in [0.25, 0.3) is 0 Å². The molecule has 0 aliphatic heterocycles. The lowest BCUT2D eigenvalue weighted by Gasteiger charge is -2.32. The summed E-state index contributed by atoms with van der Waals surface area (Å²) in [7, 11) is 0. The minimum Gasteiger partial charge on any atom is -0.338 e. The quantitative estimate of drug-likeness (QED) is 0.746. The fraction of sp³-hybridized carbons (Fsp3) is 0.933. The second-order valence-electron chi connectivity index (χ2n) is 6.04. The van der Waals surface area contributed by atoms with E-state index >= 15 is 0 Å². The molecule has 0 aromatic heterocycles. The maximum Gasteiger partial charge on any atom is 0.239 e. The highest BCUT2D eigenvalue weighted by atomic mass is 32.2. The number of rotatable bonds is 8. The van der Waals surface area contributed by atoms with Crippen molar-refractivity contribution < 1.29 is 4.79 Å². The van der Waals surface area contributed by atoms with Gasteiger partial charge >= 0.3 is 0 Å². The van der Waals surface area contributed by atoms with Crippen LogP contribution in [0.3, 0.4) is 0 Å². The van der Waals surface area contributed by atoms with Crippen LogP contribution in [-0.2, 0) is 4.79 Å². The third-order valence-corrected chi connectivity index (χ3v) is 4.59. The third-order valence-electron chi connectivity index (χ3n) is 3.95. The lowest BCUT2D eigenvalue weighted by molar-refractivity contribution is -0.135. The van der Waals surface area contributed by atoms with Crippen molar-refractivity contribution in [2.24, 2.45) is 11.7 Å². The first kappa shape index (κ1) is 16.8. The lowest BCUT2D eigenvalue weighted by Crippen LogP contribution is -2.48. The first-order valence-corrected chi connectivity index (χ1v) is 9.00. The summed E-state index contributed by atoms with van der Waals surface area (Å²) in [5.74, 6) is 1.79. The zero-order valence-corrected chi connectivity index (χ0v) is 13.5. The summed E-state index contributed by atoms with van der Waals surface area (Å²) < 4.78 is 0. The summed E-state index contributed by atoms with van der Waals surface area (Å²) in [5, 5.41) is 0. The van der Waals surface area contributed by atoms with E-state index < -0.39 is 0 Å². The van der Waals surface area contributed by atoms with Crippen molar-refractivity contribution >= 4 is 17.7 Å². The maximum atomic E-state index is 12.5. The molecule has 2 N–H and O–H groups in total. The van der Waals surface area contributed by atoms with Crippen molar-refractivity contribution in [3.63, 3.8) is 0 Å². The van der Waals surface area contributed by atoms with Crippen LogP contribution in [-0.4, -0.2) is 41.4 Å². The number of thioether (sulfide) groups is 1. The van der Waals surface area contributed by atoms with Gasteiger partial charge in [0.1, 0.15) is 0 Å². The Morgan fingerprint density at radius 3 is 2.47 bits per heavy atom. The van der Waals surface area contributed by atoms with Crippen LogP contribution in [0.4, 0.5) is 0 Å². The van der Waals surface area contributed by atoms with Crippen LogP contribution in [0.1, 0.15) is 52.4 Å². The normalized spacial score (nSPS) is 17.9. The first-order valence-electron chi connectivity index (χ1n) is 7.61. The van der Waals surface area contributed by atoms with Crippen molar-refractivity contribution in [1.29, 1.82) is 0 Å². The summed E-state index contributed by atoms with van der Waals surface area (Å²) >= 11 is 1.76. The molecule has 19 heavy (non-hydrogen) atoms. The van der Waals surface area contributed by atoms with E-state index in [1.54, 1.807) is 11.8 Å². The molecule has 0 spiro atoms. The van der Waals surface area contributed by atoms with Gasteiger partial charge in [0.2, 0.25) is 5.91 Å². The molecule has 0 unspecified atom stereocenters. The standard InChI is InChI=1S/C15H30N2OS/c1-12(2)8-10-17(13-6-4-5-7-13)15(18)14(16)9-11-19-3/h12-14H,4-11,16H2,1-3H3/t14-/m0/s1. The molecule has 0 saturated heterocycles. The molecule has 1 amide bonds. The fourth-order valence-electron chi connectivity index (χ4n) is 2.67. The molecule has 4 heteroatoms. The summed E-state index contributed by atoms with van der Waals surface area (Å²) in [6.45, 7) is 5.31. The average molecular weight is 286 g/mol. The van der Waals surface area contributed by atoms with Gasteiger partial charge in [0.05, 0.1) is 6.04 Å². The minimum absolute atomic E-state index is 0.182. The Hall–Kier alpha value is -0.220. The Kier molecular flexibility index (Phi) is 7.84. The van der Waals surface area contributed by atoms with Crippen molar-refractivity contribution in [3.05, 3.63) is 0 Å². The van der Waals surface area contributed by atoms with Gasteiger partial charge in [0.15, 0.2) is 0 Å². The molecule has 1 aliphatic rings. The highest BCUT2D eigenvalue weighted by Gasteiger charge is 2.29. The number of hydrogen-bond acceptors (Lipinski definition) is 3. The Labute approximate surface area is 122 Å². The van der Waals surface area contributed by atoms with Gasteiger partial charge in [0, 0.05) is 12.6 Å². The zero-order valence-electron chi connectivity index (χ0n) is 12.7. The monoisotopic (exact) mass is 286 g/mol. The van der Waals surface area contributed by atoms with Crippen LogP contribution in [0.15, 0.2) is 0 Å². The van der Waals surface area contributed by atoms with Crippen molar-refractivity contribution in [1.82, 2.24) is 4.90 Å². The van der Waals surface area contributed by atoms with Gasteiger partial charge in [-0.25, -0.2) is 0 Å². The summed E-state index contributed by atoms with van der Waals surface area (Å²) in [5.41, 5.74) is 6.07. The predicted molar refractivity (Wildman–Crippen MR) is 84.4 cm³/mol. The van der Waals surface area contributed by atoms with Crippen molar-refractivity contribution in [2.75, 3.05) is 18.6 Å². The Bertz CT molecular complexity index is 265. The number of nitrogens with two attached hydrogens (primary N) is 1. The van der Waals surface area contributed by atoms with E-state index in [1.165, 1.54) is 25.7 Å². The van der Waals surface area contributed by atoms with Crippen LogP contribution in [0.5, 0.6) is 0 Å². The molecule has 1 rings (SSSR count). The molecule has 112 valence electrons. The van der Waals surface area contributed by atoms with Gasteiger partial charge in [-0.3, -0.25) is 4.79 Å². The highest BCUT2D eigenvalue weighted by Crippen LogP contribution is 2.25. The number of hydrogen-bond donors (Lipinski definition) is 1. The molecule has 0 aromatic carbocycles. The van der Waals surface area contributed by atoms with E-state index in [0.29, 0.717) is 12.0 Å². The number of nitrogens with zero attached hydrogens (tertiary/aromatic N) is 1. The van der Waals surface area contributed by atoms with Crippen LogP contribution in [0.2, 0.25) is 0 Å². The molecular formula is C15H30N2OS. The van der Waals surface area contributed by atoms with E-state index in [0.717, 1.165) is 25.1 Å². The minimum atomic E-state index is -0.305. The Balaban J connectivity index is 2.57. The van der Waals surface area contributed by atoms with Crippen LogP contribution < -0.4 is 5.73 Å². The molecule has 1 atom stereocenters. The lowest BCUT2D eigenvalue weighted by atomic mass is 10.1. The van der Waals surface area contributed by atoms with Gasteiger partial charge in [-0.15, -0.1) is 0 Å². The Morgan fingerprint density at radius 2 is 1.95 bits per heavy atom. The summed E-state index contributed by atoms with van der Waals surface area (Å²) in [4.78, 5) is 14.6. The van der Waals surface area contributed by atoms with E-state index in [1.807, 2.05) is 0 Å². The largest absolute Gasteiger partial charge is 0.338 e. The smallest absolute Gasteiger partial charge is 0.239 e. The predicted octanol–water partition coefficient (Wildman–Crippen LogP) is 2.88.